The Kier molecular flexibility index (Phi) is 6.54. The number of carbonyl (C=O) groups is 1. The van der Waals surface area contributed by atoms with Gasteiger partial charge in [-0.25, -0.2) is 9.89 Å². The fourth-order valence-corrected chi connectivity index (χ4v) is 3.38. The van der Waals surface area contributed by atoms with Crippen LogP contribution in [0.4, 0.5) is 5.69 Å². The summed E-state index contributed by atoms with van der Waals surface area (Å²) in [5.41, 5.74) is 0.414. The molecule has 1 aromatic heterocycles. The van der Waals surface area contributed by atoms with Crippen molar-refractivity contribution < 1.29 is 9.53 Å². The Labute approximate surface area is 167 Å². The van der Waals surface area contributed by atoms with Crippen LogP contribution in [0.3, 0.4) is 0 Å². The van der Waals surface area contributed by atoms with Gasteiger partial charge < -0.3 is 10.1 Å². The molecule has 8 heteroatoms. The summed E-state index contributed by atoms with van der Waals surface area (Å²) in [5, 5.41) is 9.41. The van der Waals surface area contributed by atoms with Crippen LogP contribution in [-0.2, 0) is 11.3 Å². The van der Waals surface area contributed by atoms with E-state index < -0.39 is 5.25 Å². The molecule has 2 N–H and O–H groups in total. The highest BCUT2D eigenvalue weighted by molar-refractivity contribution is 8.00. The van der Waals surface area contributed by atoms with Gasteiger partial charge >= 0.3 is 5.69 Å². The Morgan fingerprint density at radius 1 is 1.18 bits per heavy atom. The molecule has 0 unspecified atom stereocenters. The van der Waals surface area contributed by atoms with E-state index in [0.29, 0.717) is 23.1 Å². The molecule has 0 aliphatic carbocycles. The van der Waals surface area contributed by atoms with E-state index in [-0.39, 0.29) is 11.6 Å². The van der Waals surface area contributed by atoms with Gasteiger partial charge in [0.2, 0.25) is 5.91 Å². The lowest BCUT2D eigenvalue weighted by molar-refractivity contribution is -0.115. The number of H-pyrrole nitrogens is 1. The molecule has 0 saturated heterocycles. The summed E-state index contributed by atoms with van der Waals surface area (Å²) in [5.74, 6) is 1.27. The van der Waals surface area contributed by atoms with Crippen LogP contribution in [0.2, 0.25) is 0 Å². The van der Waals surface area contributed by atoms with E-state index in [0.717, 1.165) is 12.2 Å². The Hall–Kier alpha value is -3.00. The maximum atomic E-state index is 12.5. The molecule has 28 heavy (non-hydrogen) atoms. The van der Waals surface area contributed by atoms with Crippen molar-refractivity contribution in [3.8, 4) is 11.5 Å². The van der Waals surface area contributed by atoms with Crippen LogP contribution in [0.5, 0.6) is 11.5 Å². The van der Waals surface area contributed by atoms with Gasteiger partial charge in [0, 0.05) is 12.2 Å². The van der Waals surface area contributed by atoms with Crippen LogP contribution in [0.1, 0.15) is 20.3 Å². The van der Waals surface area contributed by atoms with Crippen molar-refractivity contribution >= 4 is 23.4 Å². The van der Waals surface area contributed by atoms with Gasteiger partial charge in [-0.15, -0.1) is 5.10 Å². The van der Waals surface area contributed by atoms with Gasteiger partial charge in [-0.3, -0.25) is 9.36 Å². The largest absolute Gasteiger partial charge is 0.457 e. The molecule has 1 heterocycles. The minimum absolute atomic E-state index is 0.166. The third-order valence-corrected chi connectivity index (χ3v) is 5.01. The first-order chi connectivity index (χ1) is 13.6. The monoisotopic (exact) mass is 398 g/mol. The van der Waals surface area contributed by atoms with Crippen LogP contribution in [0.25, 0.3) is 0 Å². The predicted octanol–water partition coefficient (Wildman–Crippen LogP) is 3.89. The number of rotatable bonds is 8. The predicted molar refractivity (Wildman–Crippen MR) is 110 cm³/mol. The topological polar surface area (TPSA) is 89.0 Å². The van der Waals surface area contributed by atoms with Crippen LogP contribution in [0, 0.1) is 0 Å². The number of aromatic amines is 1. The maximum absolute atomic E-state index is 12.5. The average molecular weight is 398 g/mol. The lowest BCUT2D eigenvalue weighted by Crippen LogP contribution is -2.24. The summed E-state index contributed by atoms with van der Waals surface area (Å²) in [7, 11) is 0. The average Bonchev–Trinajstić information content (AvgIpc) is 3.04. The van der Waals surface area contributed by atoms with E-state index in [1.165, 1.54) is 11.8 Å². The quantitative estimate of drug-likeness (QED) is 0.562. The minimum atomic E-state index is -0.411. The SMILES string of the molecule is CCCn1c(S[C@H](C)C(=O)Nc2ccc(Oc3ccccc3)cc2)n[nH]c1=O. The van der Waals surface area contributed by atoms with Gasteiger partial charge in [-0.1, -0.05) is 36.9 Å². The van der Waals surface area contributed by atoms with Gasteiger partial charge in [-0.05, 0) is 49.7 Å². The number of hydrogen-bond donors (Lipinski definition) is 2. The first kappa shape index (κ1) is 19.8. The smallest absolute Gasteiger partial charge is 0.343 e. The van der Waals surface area contributed by atoms with Crippen LogP contribution < -0.4 is 15.7 Å². The summed E-state index contributed by atoms with van der Waals surface area (Å²) in [4.78, 5) is 24.2. The van der Waals surface area contributed by atoms with Gasteiger partial charge in [0.05, 0.1) is 5.25 Å². The fraction of sp³-hybridized carbons (Fsp3) is 0.250. The highest BCUT2D eigenvalue weighted by Crippen LogP contribution is 2.24. The number of carbonyl (C=O) groups excluding carboxylic acids is 1. The standard InChI is InChI=1S/C20H22N4O3S/c1-3-13-24-19(26)22-23-20(24)28-14(2)18(25)21-15-9-11-17(12-10-15)27-16-7-5-4-6-8-16/h4-12,14H,3,13H2,1-2H3,(H,21,25)(H,22,26)/t14-/m1/s1. The highest BCUT2D eigenvalue weighted by Gasteiger charge is 2.19. The van der Waals surface area contributed by atoms with Gasteiger partial charge in [0.25, 0.3) is 0 Å². The number of nitrogens with zero attached hydrogens (tertiary/aromatic N) is 2. The third-order valence-electron chi connectivity index (χ3n) is 3.92. The lowest BCUT2D eigenvalue weighted by Gasteiger charge is -2.12. The number of ether oxygens (including phenoxy) is 1. The molecule has 7 nitrogen and oxygen atoms in total. The molecule has 1 atom stereocenters. The van der Waals surface area contributed by atoms with Crippen molar-refractivity contribution in [3.63, 3.8) is 0 Å². The van der Waals surface area contributed by atoms with Crippen LogP contribution in [0.15, 0.2) is 64.5 Å². The molecule has 1 amide bonds. The molecule has 0 bridgehead atoms. The summed E-state index contributed by atoms with van der Waals surface area (Å²) < 4.78 is 7.29. The maximum Gasteiger partial charge on any atom is 0.343 e. The summed E-state index contributed by atoms with van der Waals surface area (Å²) in [6.07, 6.45) is 0.810. The normalized spacial score (nSPS) is 11.8. The van der Waals surface area contributed by atoms with E-state index in [2.05, 4.69) is 15.5 Å². The molecule has 146 valence electrons. The van der Waals surface area contributed by atoms with Gasteiger partial charge in [-0.2, -0.15) is 0 Å². The fourth-order valence-electron chi connectivity index (χ4n) is 2.50. The van der Waals surface area contributed by atoms with Crippen molar-refractivity contribution in [2.45, 2.75) is 37.2 Å². The molecule has 0 aliphatic heterocycles. The van der Waals surface area contributed by atoms with E-state index in [1.807, 2.05) is 37.3 Å². The molecular formula is C20H22N4O3S. The molecule has 0 aliphatic rings. The third kappa shape index (κ3) is 5.04. The zero-order valence-electron chi connectivity index (χ0n) is 15.7. The molecule has 0 radical (unpaired) electrons. The number of benzene rings is 2. The van der Waals surface area contributed by atoms with Crippen molar-refractivity contribution in [1.82, 2.24) is 14.8 Å². The first-order valence-corrected chi connectivity index (χ1v) is 9.90. The number of thioether (sulfide) groups is 1. The van der Waals surface area contributed by atoms with Crippen LogP contribution in [-0.4, -0.2) is 25.9 Å². The molecule has 0 spiro atoms. The Bertz CT molecular complexity index is 967. The second-order valence-electron chi connectivity index (χ2n) is 6.15. The Morgan fingerprint density at radius 3 is 2.54 bits per heavy atom. The zero-order chi connectivity index (χ0) is 19.9. The molecule has 3 aromatic rings. The van der Waals surface area contributed by atoms with E-state index >= 15 is 0 Å². The summed E-state index contributed by atoms with van der Waals surface area (Å²) in [6.45, 7) is 4.33. The number of hydrogen-bond acceptors (Lipinski definition) is 5. The second kappa shape index (κ2) is 9.27. The van der Waals surface area contributed by atoms with Crippen molar-refractivity contribution in [1.29, 1.82) is 0 Å². The second-order valence-corrected chi connectivity index (χ2v) is 7.46. The van der Waals surface area contributed by atoms with Gasteiger partial charge in [0.15, 0.2) is 5.16 Å². The number of amides is 1. The van der Waals surface area contributed by atoms with Crippen LogP contribution >= 0.6 is 11.8 Å². The Morgan fingerprint density at radius 2 is 1.86 bits per heavy atom. The lowest BCUT2D eigenvalue weighted by atomic mass is 10.3. The van der Waals surface area contributed by atoms with E-state index in [4.69, 9.17) is 4.74 Å². The summed E-state index contributed by atoms with van der Waals surface area (Å²) >= 11 is 1.25. The number of nitrogens with one attached hydrogen (secondary N) is 2. The zero-order valence-corrected chi connectivity index (χ0v) is 16.5. The van der Waals surface area contributed by atoms with Crippen molar-refractivity contribution in [3.05, 3.63) is 65.1 Å². The van der Waals surface area contributed by atoms with E-state index in [1.54, 1.807) is 35.8 Å². The number of anilines is 1. The molecule has 0 fully saturated rings. The first-order valence-electron chi connectivity index (χ1n) is 9.02. The van der Waals surface area contributed by atoms with Gasteiger partial charge in [0.1, 0.15) is 11.5 Å². The molecule has 0 saturated carbocycles. The molecule has 2 aromatic carbocycles. The van der Waals surface area contributed by atoms with E-state index in [9.17, 15) is 9.59 Å². The molecular weight excluding hydrogens is 376 g/mol. The number of para-hydroxylation sites is 1. The van der Waals surface area contributed by atoms with Crippen molar-refractivity contribution in [2.75, 3.05) is 5.32 Å². The summed E-state index contributed by atoms with van der Waals surface area (Å²) in [6, 6.07) is 16.7. The Balaban J connectivity index is 1.59. The van der Waals surface area contributed by atoms with Crippen molar-refractivity contribution in [2.24, 2.45) is 0 Å². The molecule has 3 rings (SSSR count). The minimum Gasteiger partial charge on any atom is -0.457 e. The number of aromatic nitrogens is 3. The highest BCUT2D eigenvalue weighted by atomic mass is 32.2.